The van der Waals surface area contributed by atoms with E-state index in [1.54, 1.807) is 11.1 Å². The first kappa shape index (κ1) is 19.8. The van der Waals surface area contributed by atoms with Crippen LogP contribution in [-0.4, -0.2) is 74.5 Å². The Morgan fingerprint density at radius 3 is 2.38 bits per heavy atom. The first-order chi connectivity index (χ1) is 14.0. The number of sulfone groups is 1. The molecule has 0 unspecified atom stereocenters. The van der Waals surface area contributed by atoms with Gasteiger partial charge >= 0.3 is 0 Å². The topological polar surface area (TPSA) is 73.8 Å². The number of benzene rings is 1. The van der Waals surface area contributed by atoms with Crippen molar-refractivity contribution in [1.29, 1.82) is 0 Å². The van der Waals surface area contributed by atoms with Gasteiger partial charge in [-0.05, 0) is 30.7 Å². The van der Waals surface area contributed by atoms with Crippen LogP contribution in [0.3, 0.4) is 0 Å². The molecule has 1 amide bonds. The molecule has 4 rings (SSSR count). The largest absolute Gasteiger partial charge is 0.354 e. The first-order valence-electron chi connectivity index (χ1n) is 9.98. The molecule has 0 radical (unpaired) electrons. The molecule has 8 heteroatoms. The highest BCUT2D eigenvalue weighted by Gasteiger charge is 2.36. The number of carbonyl (C=O) groups is 1. The van der Waals surface area contributed by atoms with Crippen molar-refractivity contribution < 1.29 is 13.2 Å². The van der Waals surface area contributed by atoms with Crippen molar-refractivity contribution in [3.63, 3.8) is 0 Å². The number of hydrogen-bond acceptors (Lipinski definition) is 6. The van der Waals surface area contributed by atoms with Crippen molar-refractivity contribution in [2.24, 2.45) is 0 Å². The van der Waals surface area contributed by atoms with Crippen LogP contribution < -0.4 is 9.80 Å². The molecule has 1 aromatic heterocycles. The molecular formula is C21H26N4O3S. The minimum Gasteiger partial charge on any atom is -0.354 e. The Balaban J connectivity index is 1.42. The maximum Gasteiger partial charge on any atom is 0.241 e. The van der Waals surface area contributed by atoms with Crippen molar-refractivity contribution in [3.8, 4) is 0 Å². The lowest BCUT2D eigenvalue weighted by molar-refractivity contribution is -0.120. The van der Waals surface area contributed by atoms with Crippen LogP contribution in [0.5, 0.6) is 0 Å². The second-order valence-electron chi connectivity index (χ2n) is 7.61. The van der Waals surface area contributed by atoms with Crippen molar-refractivity contribution in [3.05, 3.63) is 54.7 Å². The highest BCUT2D eigenvalue weighted by atomic mass is 32.2. The van der Waals surface area contributed by atoms with E-state index in [4.69, 9.17) is 0 Å². The normalized spacial score (nSPS) is 21.8. The molecule has 0 bridgehead atoms. The van der Waals surface area contributed by atoms with E-state index >= 15 is 0 Å². The molecule has 2 aliphatic heterocycles. The molecule has 2 aliphatic rings. The lowest BCUT2D eigenvalue weighted by Gasteiger charge is -2.37. The number of hydrogen-bond donors (Lipinski definition) is 0. The summed E-state index contributed by atoms with van der Waals surface area (Å²) in [5.74, 6) is 1.11. The average molecular weight is 415 g/mol. The van der Waals surface area contributed by atoms with E-state index in [1.807, 2.05) is 48.5 Å². The average Bonchev–Trinajstić information content (AvgIpc) is 3.09. The molecule has 2 aromatic rings. The van der Waals surface area contributed by atoms with Gasteiger partial charge in [-0.1, -0.05) is 24.3 Å². The van der Waals surface area contributed by atoms with E-state index in [0.717, 1.165) is 37.7 Å². The summed E-state index contributed by atoms with van der Waals surface area (Å²) in [6.07, 6.45) is 2.29. The van der Waals surface area contributed by atoms with Gasteiger partial charge < -0.3 is 9.80 Å². The Bertz CT molecular complexity index is 929. The van der Waals surface area contributed by atoms with Crippen LogP contribution in [0.2, 0.25) is 0 Å². The fraction of sp³-hybridized carbons (Fsp3) is 0.429. The van der Waals surface area contributed by atoms with Gasteiger partial charge in [-0.3, -0.25) is 9.69 Å². The van der Waals surface area contributed by atoms with Crippen LogP contribution in [0.15, 0.2) is 54.7 Å². The molecule has 3 heterocycles. The van der Waals surface area contributed by atoms with E-state index in [-0.39, 0.29) is 23.5 Å². The minimum atomic E-state index is -3.07. The summed E-state index contributed by atoms with van der Waals surface area (Å²) < 4.78 is 24.0. The van der Waals surface area contributed by atoms with Gasteiger partial charge in [0.1, 0.15) is 5.82 Å². The number of carbonyl (C=O) groups excluding carboxylic acids is 1. The summed E-state index contributed by atoms with van der Waals surface area (Å²) in [4.78, 5) is 23.7. The van der Waals surface area contributed by atoms with Crippen LogP contribution >= 0.6 is 0 Å². The van der Waals surface area contributed by atoms with Gasteiger partial charge in [0.15, 0.2) is 9.84 Å². The van der Waals surface area contributed by atoms with Crippen LogP contribution in [-0.2, 0) is 14.6 Å². The second-order valence-corrected chi connectivity index (χ2v) is 9.84. The number of para-hydroxylation sites is 1. The van der Waals surface area contributed by atoms with E-state index in [0.29, 0.717) is 13.0 Å². The third kappa shape index (κ3) is 4.76. The van der Waals surface area contributed by atoms with Crippen molar-refractivity contribution in [2.75, 3.05) is 54.0 Å². The molecule has 0 aliphatic carbocycles. The Labute approximate surface area is 171 Å². The van der Waals surface area contributed by atoms with Gasteiger partial charge in [-0.15, -0.1) is 0 Å². The number of aromatic nitrogens is 1. The predicted molar refractivity (Wildman–Crippen MR) is 114 cm³/mol. The Kier molecular flexibility index (Phi) is 5.82. The maximum atomic E-state index is 13.2. The Morgan fingerprint density at radius 2 is 1.76 bits per heavy atom. The van der Waals surface area contributed by atoms with Gasteiger partial charge in [-0.2, -0.15) is 0 Å². The number of rotatable bonds is 5. The third-order valence-electron chi connectivity index (χ3n) is 5.58. The molecule has 29 heavy (non-hydrogen) atoms. The Hall–Kier alpha value is -2.45. The summed E-state index contributed by atoms with van der Waals surface area (Å²) in [5, 5.41) is 0. The van der Waals surface area contributed by atoms with E-state index < -0.39 is 9.84 Å². The zero-order chi connectivity index (χ0) is 20.3. The van der Waals surface area contributed by atoms with E-state index in [9.17, 15) is 13.2 Å². The summed E-state index contributed by atoms with van der Waals surface area (Å²) in [7, 11) is -3.07. The summed E-state index contributed by atoms with van der Waals surface area (Å²) in [6.45, 7) is 3.46. The lowest BCUT2D eigenvalue weighted by Crippen LogP contribution is -2.52. The molecule has 1 aromatic carbocycles. The van der Waals surface area contributed by atoms with Gasteiger partial charge in [-0.25, -0.2) is 13.4 Å². The van der Waals surface area contributed by atoms with Crippen LogP contribution in [0.4, 0.5) is 11.5 Å². The van der Waals surface area contributed by atoms with Crippen LogP contribution in [0.25, 0.3) is 0 Å². The highest BCUT2D eigenvalue weighted by molar-refractivity contribution is 7.91. The van der Waals surface area contributed by atoms with Gasteiger partial charge in [0.05, 0.1) is 24.1 Å². The Morgan fingerprint density at radius 1 is 1.03 bits per heavy atom. The predicted octanol–water partition coefficient (Wildman–Crippen LogP) is 1.42. The number of pyridine rings is 1. The summed E-state index contributed by atoms with van der Waals surface area (Å²) in [5.41, 5.74) is 0.770. The molecule has 7 nitrogen and oxygen atoms in total. The molecule has 0 saturated carbocycles. The van der Waals surface area contributed by atoms with Crippen LogP contribution in [0, 0.1) is 0 Å². The maximum absolute atomic E-state index is 13.2. The van der Waals surface area contributed by atoms with E-state index in [2.05, 4.69) is 14.8 Å². The lowest BCUT2D eigenvalue weighted by atomic mass is 10.1. The monoisotopic (exact) mass is 414 g/mol. The zero-order valence-electron chi connectivity index (χ0n) is 16.4. The zero-order valence-corrected chi connectivity index (χ0v) is 17.2. The van der Waals surface area contributed by atoms with Gasteiger partial charge in [0.25, 0.3) is 0 Å². The number of anilines is 2. The molecule has 2 saturated heterocycles. The molecule has 0 N–H and O–H groups in total. The third-order valence-corrected chi connectivity index (χ3v) is 7.33. The SMILES string of the molecule is O=C(CN1CCN(c2ccccn2)CC1)N(c1ccccc1)[C@@H]1CCS(=O)(=O)C1. The van der Waals surface area contributed by atoms with Crippen molar-refractivity contribution >= 4 is 27.2 Å². The summed E-state index contributed by atoms with van der Waals surface area (Å²) >= 11 is 0. The fourth-order valence-corrected chi connectivity index (χ4v) is 5.77. The van der Waals surface area contributed by atoms with Gasteiger partial charge in [0.2, 0.25) is 5.91 Å². The first-order valence-corrected chi connectivity index (χ1v) is 11.8. The molecule has 154 valence electrons. The van der Waals surface area contributed by atoms with E-state index in [1.165, 1.54) is 0 Å². The van der Waals surface area contributed by atoms with Crippen molar-refractivity contribution in [2.45, 2.75) is 12.5 Å². The highest BCUT2D eigenvalue weighted by Crippen LogP contribution is 2.25. The minimum absolute atomic E-state index is 0.0374. The molecular weight excluding hydrogens is 388 g/mol. The second kappa shape index (κ2) is 8.51. The summed E-state index contributed by atoms with van der Waals surface area (Å²) in [6, 6.07) is 15.0. The smallest absolute Gasteiger partial charge is 0.241 e. The quantitative estimate of drug-likeness (QED) is 0.737. The fourth-order valence-electron chi connectivity index (χ4n) is 4.07. The van der Waals surface area contributed by atoms with Crippen LogP contribution in [0.1, 0.15) is 6.42 Å². The van der Waals surface area contributed by atoms with Crippen molar-refractivity contribution in [1.82, 2.24) is 9.88 Å². The number of amides is 1. The standard InChI is InChI=1S/C21H26N4O3S/c26-21(16-23-11-13-24(14-12-23)20-8-4-5-10-22-20)25(18-6-2-1-3-7-18)19-9-15-29(27,28)17-19/h1-8,10,19H,9,11-17H2/t19-/m1/s1. The van der Waals surface area contributed by atoms with Gasteiger partial charge in [0, 0.05) is 38.1 Å². The number of nitrogens with zero attached hydrogens (tertiary/aromatic N) is 4. The molecule has 1 atom stereocenters. The number of piperazine rings is 1. The molecule has 2 fully saturated rings. The molecule has 0 spiro atoms.